The smallest absolute Gasteiger partial charge is 0.261 e. The van der Waals surface area contributed by atoms with Crippen molar-refractivity contribution >= 4 is 51.0 Å². The molecule has 0 unspecified atom stereocenters. The minimum absolute atomic E-state index is 0.106. The third-order valence-corrected chi connectivity index (χ3v) is 4.85. The first-order valence-corrected chi connectivity index (χ1v) is 8.36. The van der Waals surface area contributed by atoms with Crippen molar-refractivity contribution in [1.29, 1.82) is 0 Å². The molecule has 0 aliphatic rings. The molecule has 0 radical (unpaired) electrons. The summed E-state index contributed by atoms with van der Waals surface area (Å²) < 4.78 is 27.0. The fraction of sp³-hybridized carbons (Fsp3) is 0.0714. The first-order chi connectivity index (χ1) is 10.3. The third kappa shape index (κ3) is 3.71. The number of nitrogens with one attached hydrogen (secondary N) is 2. The normalized spacial score (nSPS) is 11.0. The molecule has 5 nitrogen and oxygen atoms in total. The van der Waals surface area contributed by atoms with E-state index in [-0.39, 0.29) is 26.3 Å². The molecule has 1 amide bonds. The lowest BCUT2D eigenvalue weighted by atomic mass is 10.2. The molecule has 0 spiro atoms. The number of hydrogen-bond acceptors (Lipinski definition) is 3. The first kappa shape index (κ1) is 16.6. The first-order valence-electron chi connectivity index (χ1n) is 6.12. The Labute approximate surface area is 138 Å². The van der Waals surface area contributed by atoms with Gasteiger partial charge in [-0.05, 0) is 31.2 Å². The summed E-state index contributed by atoms with van der Waals surface area (Å²) in [5.41, 5.74) is 1.32. The van der Waals surface area contributed by atoms with E-state index in [0.29, 0.717) is 6.41 Å². The molecule has 0 aliphatic heterocycles. The summed E-state index contributed by atoms with van der Waals surface area (Å²) >= 11 is 11.9. The lowest BCUT2D eigenvalue weighted by Crippen LogP contribution is -2.13. The number of amides is 1. The second-order valence-electron chi connectivity index (χ2n) is 4.49. The van der Waals surface area contributed by atoms with Gasteiger partial charge in [0.1, 0.15) is 0 Å². The zero-order valence-corrected chi connectivity index (χ0v) is 13.8. The lowest BCUT2D eigenvalue weighted by Gasteiger charge is -2.12. The van der Waals surface area contributed by atoms with Gasteiger partial charge in [0.25, 0.3) is 10.0 Å². The van der Waals surface area contributed by atoms with Crippen LogP contribution < -0.4 is 10.0 Å². The van der Waals surface area contributed by atoms with Crippen LogP contribution in [0.5, 0.6) is 0 Å². The van der Waals surface area contributed by atoms with Gasteiger partial charge in [-0.25, -0.2) is 8.42 Å². The van der Waals surface area contributed by atoms with Crippen molar-refractivity contribution in [3.8, 4) is 0 Å². The highest BCUT2D eigenvalue weighted by atomic mass is 35.5. The summed E-state index contributed by atoms with van der Waals surface area (Å²) in [7, 11) is -3.79. The minimum Gasteiger partial charge on any atom is -0.327 e. The molecule has 0 saturated heterocycles. The molecule has 22 heavy (non-hydrogen) atoms. The molecule has 0 aliphatic carbocycles. The van der Waals surface area contributed by atoms with Crippen LogP contribution in [0.4, 0.5) is 11.4 Å². The number of hydrogen-bond donors (Lipinski definition) is 2. The zero-order valence-electron chi connectivity index (χ0n) is 11.4. The van der Waals surface area contributed by atoms with Crippen molar-refractivity contribution in [2.45, 2.75) is 11.8 Å². The molecule has 2 aromatic carbocycles. The van der Waals surface area contributed by atoms with E-state index in [1.165, 1.54) is 24.3 Å². The predicted molar refractivity (Wildman–Crippen MR) is 88.1 cm³/mol. The Hall–Kier alpha value is -1.76. The van der Waals surface area contributed by atoms with Crippen molar-refractivity contribution < 1.29 is 13.2 Å². The van der Waals surface area contributed by atoms with Gasteiger partial charge >= 0.3 is 0 Å². The molecule has 2 N–H and O–H groups in total. The fourth-order valence-corrected chi connectivity index (χ4v) is 3.33. The van der Waals surface area contributed by atoms with Gasteiger partial charge in [-0.1, -0.05) is 40.9 Å². The standard InChI is InChI=1S/C14H12Cl2N2O3S/c1-9-2-4-10(5-3-9)22(20,21)18-14-7-13(17-8-19)11(15)6-12(14)16/h2-8,18H,1H3,(H,17,19). The monoisotopic (exact) mass is 358 g/mol. The third-order valence-electron chi connectivity index (χ3n) is 2.85. The molecule has 0 aromatic heterocycles. The van der Waals surface area contributed by atoms with Gasteiger partial charge < -0.3 is 5.32 Å². The number of anilines is 2. The van der Waals surface area contributed by atoms with E-state index >= 15 is 0 Å². The van der Waals surface area contributed by atoms with Gasteiger partial charge in [0.15, 0.2) is 0 Å². The van der Waals surface area contributed by atoms with Gasteiger partial charge in [-0.2, -0.15) is 0 Å². The number of carbonyl (C=O) groups excluding carboxylic acids is 1. The predicted octanol–water partition coefficient (Wildman–Crippen LogP) is 3.67. The fourth-order valence-electron chi connectivity index (χ4n) is 1.72. The summed E-state index contributed by atoms with van der Waals surface area (Å²) in [5, 5.41) is 2.70. The van der Waals surface area contributed by atoms with Crippen LogP contribution >= 0.6 is 23.2 Å². The number of aryl methyl sites for hydroxylation is 1. The Bertz CT molecular complexity index is 806. The molecule has 2 rings (SSSR count). The summed E-state index contributed by atoms with van der Waals surface area (Å²) in [6.07, 6.45) is 0.438. The van der Waals surface area contributed by atoms with Crippen LogP contribution in [0.3, 0.4) is 0 Å². The van der Waals surface area contributed by atoms with Gasteiger partial charge in [-0.3, -0.25) is 9.52 Å². The molecule has 2 aromatic rings. The summed E-state index contributed by atoms with van der Waals surface area (Å²) in [6.45, 7) is 1.86. The average Bonchev–Trinajstić information content (AvgIpc) is 2.44. The van der Waals surface area contributed by atoms with E-state index in [1.807, 2.05) is 6.92 Å². The van der Waals surface area contributed by atoms with Crippen molar-refractivity contribution in [2.24, 2.45) is 0 Å². The Morgan fingerprint density at radius 1 is 1.00 bits per heavy atom. The molecule has 0 atom stereocenters. The Kier molecular flexibility index (Phi) is 4.95. The van der Waals surface area contributed by atoms with Crippen LogP contribution in [-0.2, 0) is 14.8 Å². The Morgan fingerprint density at radius 2 is 1.59 bits per heavy atom. The number of carbonyl (C=O) groups is 1. The van der Waals surface area contributed by atoms with Crippen LogP contribution in [-0.4, -0.2) is 14.8 Å². The van der Waals surface area contributed by atoms with E-state index in [4.69, 9.17) is 23.2 Å². The highest BCUT2D eigenvalue weighted by Crippen LogP contribution is 2.33. The molecule has 0 heterocycles. The minimum atomic E-state index is -3.79. The van der Waals surface area contributed by atoms with Gasteiger partial charge in [-0.15, -0.1) is 0 Å². The molecule has 8 heteroatoms. The van der Waals surface area contributed by atoms with E-state index in [9.17, 15) is 13.2 Å². The molecule has 0 fully saturated rings. The maximum atomic E-state index is 12.3. The van der Waals surface area contributed by atoms with Gasteiger partial charge in [0.05, 0.1) is 26.3 Å². The summed E-state index contributed by atoms with van der Waals surface area (Å²) in [6, 6.07) is 9.07. The topological polar surface area (TPSA) is 75.3 Å². The van der Waals surface area contributed by atoms with Crippen molar-refractivity contribution in [1.82, 2.24) is 0 Å². The van der Waals surface area contributed by atoms with E-state index in [2.05, 4.69) is 10.0 Å². The second-order valence-corrected chi connectivity index (χ2v) is 6.99. The summed E-state index contributed by atoms with van der Waals surface area (Å²) in [5.74, 6) is 0. The molecule has 116 valence electrons. The molecule has 0 saturated carbocycles. The molecule has 0 bridgehead atoms. The molecular formula is C14H12Cl2N2O3S. The van der Waals surface area contributed by atoms with Gasteiger partial charge in [0, 0.05) is 0 Å². The van der Waals surface area contributed by atoms with Crippen molar-refractivity contribution in [2.75, 3.05) is 10.0 Å². The van der Waals surface area contributed by atoms with E-state index in [1.54, 1.807) is 12.1 Å². The second kappa shape index (κ2) is 6.56. The van der Waals surface area contributed by atoms with Gasteiger partial charge in [0.2, 0.25) is 6.41 Å². The van der Waals surface area contributed by atoms with E-state index < -0.39 is 10.0 Å². The number of sulfonamides is 1. The number of rotatable bonds is 5. The Morgan fingerprint density at radius 3 is 2.18 bits per heavy atom. The highest BCUT2D eigenvalue weighted by Gasteiger charge is 2.17. The SMILES string of the molecule is Cc1ccc(S(=O)(=O)Nc2cc(NC=O)c(Cl)cc2Cl)cc1. The maximum Gasteiger partial charge on any atom is 0.261 e. The highest BCUT2D eigenvalue weighted by molar-refractivity contribution is 7.92. The largest absolute Gasteiger partial charge is 0.327 e. The van der Waals surface area contributed by atoms with Crippen LogP contribution in [0.15, 0.2) is 41.3 Å². The van der Waals surface area contributed by atoms with Crippen LogP contribution in [0.1, 0.15) is 5.56 Å². The molecular weight excluding hydrogens is 347 g/mol. The lowest BCUT2D eigenvalue weighted by molar-refractivity contribution is -0.105. The van der Waals surface area contributed by atoms with Crippen LogP contribution in [0.25, 0.3) is 0 Å². The number of benzene rings is 2. The number of halogens is 2. The summed E-state index contributed by atoms with van der Waals surface area (Å²) in [4.78, 5) is 10.6. The van der Waals surface area contributed by atoms with Crippen LogP contribution in [0, 0.1) is 6.92 Å². The zero-order chi connectivity index (χ0) is 16.3. The average molecular weight is 359 g/mol. The quantitative estimate of drug-likeness (QED) is 0.800. The van der Waals surface area contributed by atoms with E-state index in [0.717, 1.165) is 5.56 Å². The van der Waals surface area contributed by atoms with Crippen LogP contribution in [0.2, 0.25) is 10.0 Å². The van der Waals surface area contributed by atoms with Crippen molar-refractivity contribution in [3.63, 3.8) is 0 Å². The maximum absolute atomic E-state index is 12.3. The van der Waals surface area contributed by atoms with Crippen molar-refractivity contribution in [3.05, 3.63) is 52.0 Å². The Balaban J connectivity index is 2.39.